The van der Waals surface area contributed by atoms with E-state index in [0.717, 1.165) is 6.42 Å². The van der Waals surface area contributed by atoms with E-state index in [1.165, 1.54) is 37.7 Å². The van der Waals surface area contributed by atoms with Crippen LogP contribution in [0.4, 0.5) is 0 Å². The third-order valence-corrected chi connectivity index (χ3v) is 7.41. The third-order valence-electron chi connectivity index (χ3n) is 7.41. The zero-order valence-corrected chi connectivity index (χ0v) is 13.6. The number of hydrogen-bond donors (Lipinski definition) is 1. The van der Waals surface area contributed by atoms with Gasteiger partial charge in [0, 0.05) is 6.42 Å². The number of allylic oxidation sites excluding steroid dienone is 1. The Bertz CT molecular complexity index is 530. The molecule has 21 heavy (non-hydrogen) atoms. The molecule has 4 aliphatic carbocycles. The maximum atomic E-state index is 12.5. The molecule has 2 nitrogen and oxygen atoms in total. The lowest BCUT2D eigenvalue weighted by atomic mass is 9.47. The lowest BCUT2D eigenvalue weighted by Gasteiger charge is -2.57. The van der Waals surface area contributed by atoms with Gasteiger partial charge in [0.2, 0.25) is 0 Å². The number of rotatable bonds is 0. The van der Waals surface area contributed by atoms with Crippen LogP contribution in [0.3, 0.4) is 0 Å². The molecule has 4 rings (SSSR count). The van der Waals surface area contributed by atoms with E-state index in [0.29, 0.717) is 23.5 Å². The highest BCUT2D eigenvalue weighted by atomic mass is 16.3. The van der Waals surface area contributed by atoms with Crippen molar-refractivity contribution in [3.8, 4) is 0 Å². The van der Waals surface area contributed by atoms with Gasteiger partial charge in [0.25, 0.3) is 0 Å². The fourth-order valence-electron chi connectivity index (χ4n) is 6.61. The van der Waals surface area contributed by atoms with Gasteiger partial charge in [-0.25, -0.2) is 0 Å². The van der Waals surface area contributed by atoms with Crippen LogP contribution in [0.2, 0.25) is 0 Å². The molecule has 2 fully saturated rings. The summed E-state index contributed by atoms with van der Waals surface area (Å²) in [6.07, 6.45) is 7.44. The molecule has 0 amide bonds. The van der Waals surface area contributed by atoms with Crippen LogP contribution >= 0.6 is 0 Å². The van der Waals surface area contributed by atoms with Crippen molar-refractivity contribution < 1.29 is 9.90 Å². The van der Waals surface area contributed by atoms with E-state index in [9.17, 15) is 9.90 Å². The van der Waals surface area contributed by atoms with Crippen molar-refractivity contribution in [2.45, 2.75) is 71.8 Å². The molecule has 0 aromatic carbocycles. The first kappa shape index (κ1) is 14.0. The zero-order chi connectivity index (χ0) is 15.0. The molecule has 1 N–H and O–H groups in total. The Balaban J connectivity index is 1.84. The van der Waals surface area contributed by atoms with E-state index in [-0.39, 0.29) is 17.3 Å². The van der Waals surface area contributed by atoms with Gasteiger partial charge in [0.15, 0.2) is 0 Å². The van der Waals surface area contributed by atoms with Crippen LogP contribution in [0.5, 0.6) is 0 Å². The molecule has 0 saturated heterocycles. The molecule has 0 aliphatic heterocycles. The number of carbonyl (C=O) groups excluding carboxylic acids is 1. The predicted octanol–water partition coefficient (Wildman–Crippen LogP) is 3.88. The van der Waals surface area contributed by atoms with Crippen LogP contribution in [-0.4, -0.2) is 17.0 Å². The van der Waals surface area contributed by atoms with Gasteiger partial charge in [0.05, 0.1) is 12.0 Å². The van der Waals surface area contributed by atoms with Gasteiger partial charge in [-0.05, 0) is 54.8 Å². The Morgan fingerprint density at radius 1 is 1.14 bits per heavy atom. The first-order chi connectivity index (χ1) is 9.84. The SMILES string of the molecule is CC1(C)CCC[C@@]2(C)C3=C(CC[C@H]12)C[C@@H]1CC(=O)[C@H]3[C@H]1O. The molecule has 5 atom stereocenters. The van der Waals surface area contributed by atoms with Crippen LogP contribution in [0.25, 0.3) is 0 Å². The van der Waals surface area contributed by atoms with Crippen LogP contribution < -0.4 is 0 Å². The summed E-state index contributed by atoms with van der Waals surface area (Å²) in [6, 6.07) is 0. The number of ketones is 1. The highest BCUT2D eigenvalue weighted by molar-refractivity contribution is 5.88. The second-order valence-electron chi connectivity index (χ2n) is 8.97. The van der Waals surface area contributed by atoms with Crippen molar-refractivity contribution in [2.75, 3.05) is 0 Å². The van der Waals surface area contributed by atoms with E-state index in [1.807, 2.05) is 0 Å². The van der Waals surface area contributed by atoms with Crippen LogP contribution in [0.15, 0.2) is 11.1 Å². The van der Waals surface area contributed by atoms with Crippen LogP contribution in [0.1, 0.15) is 65.7 Å². The number of aliphatic hydroxyl groups is 1. The predicted molar refractivity (Wildman–Crippen MR) is 82.7 cm³/mol. The molecule has 4 aliphatic rings. The topological polar surface area (TPSA) is 37.3 Å². The Kier molecular flexibility index (Phi) is 2.81. The zero-order valence-electron chi connectivity index (χ0n) is 13.6. The van der Waals surface area contributed by atoms with E-state index in [4.69, 9.17) is 0 Å². The molecule has 0 aromatic rings. The highest BCUT2D eigenvalue weighted by Crippen LogP contribution is 2.64. The van der Waals surface area contributed by atoms with E-state index in [1.54, 1.807) is 5.57 Å². The molecule has 0 radical (unpaired) electrons. The third kappa shape index (κ3) is 1.72. The lowest BCUT2D eigenvalue weighted by molar-refractivity contribution is -0.122. The van der Waals surface area contributed by atoms with Gasteiger partial charge in [-0.2, -0.15) is 0 Å². The van der Waals surface area contributed by atoms with Crippen LogP contribution in [-0.2, 0) is 4.79 Å². The van der Waals surface area contributed by atoms with E-state index >= 15 is 0 Å². The molecule has 116 valence electrons. The van der Waals surface area contributed by atoms with Crippen molar-refractivity contribution in [1.29, 1.82) is 0 Å². The number of hydrogen-bond acceptors (Lipinski definition) is 2. The summed E-state index contributed by atoms with van der Waals surface area (Å²) in [6.45, 7) is 7.24. The average molecular weight is 288 g/mol. The van der Waals surface area contributed by atoms with Crippen molar-refractivity contribution in [3.05, 3.63) is 11.1 Å². The van der Waals surface area contributed by atoms with Gasteiger partial charge in [-0.15, -0.1) is 0 Å². The van der Waals surface area contributed by atoms with Crippen molar-refractivity contribution in [3.63, 3.8) is 0 Å². The first-order valence-corrected chi connectivity index (χ1v) is 8.78. The molecular formula is C19H28O2. The maximum absolute atomic E-state index is 12.5. The van der Waals surface area contributed by atoms with Crippen LogP contribution in [0, 0.1) is 28.6 Å². The van der Waals surface area contributed by atoms with Gasteiger partial charge in [0.1, 0.15) is 5.78 Å². The van der Waals surface area contributed by atoms with Crippen molar-refractivity contribution in [2.24, 2.45) is 28.6 Å². The molecule has 0 aromatic heterocycles. The average Bonchev–Trinajstić information content (AvgIpc) is 2.56. The summed E-state index contributed by atoms with van der Waals surface area (Å²) < 4.78 is 0. The Labute approximate surface area is 128 Å². The Hall–Kier alpha value is -0.630. The first-order valence-electron chi connectivity index (χ1n) is 8.78. The lowest BCUT2D eigenvalue weighted by Crippen LogP contribution is -2.50. The minimum Gasteiger partial charge on any atom is -0.392 e. The molecule has 0 unspecified atom stereocenters. The normalized spacial score (nSPS) is 48.1. The summed E-state index contributed by atoms with van der Waals surface area (Å²) in [4.78, 5) is 12.5. The van der Waals surface area contributed by atoms with Crippen molar-refractivity contribution in [1.82, 2.24) is 0 Å². The molecule has 2 heteroatoms. The number of fused-ring (bicyclic) bond motifs is 5. The minimum absolute atomic E-state index is 0.152. The molecular weight excluding hydrogens is 260 g/mol. The molecule has 2 bridgehead atoms. The molecule has 0 heterocycles. The summed E-state index contributed by atoms with van der Waals surface area (Å²) in [7, 11) is 0. The quantitative estimate of drug-likeness (QED) is 0.687. The number of aliphatic hydroxyl groups excluding tert-OH is 1. The minimum atomic E-state index is -0.392. The monoisotopic (exact) mass is 288 g/mol. The van der Waals surface area contributed by atoms with Gasteiger partial charge < -0.3 is 5.11 Å². The Morgan fingerprint density at radius 2 is 1.90 bits per heavy atom. The maximum Gasteiger partial charge on any atom is 0.143 e. The fraction of sp³-hybridized carbons (Fsp3) is 0.842. The standard InChI is InChI=1S/C19H28O2/c1-18(2)7-4-8-19(3)14(18)6-5-11-9-12-10-13(20)15(16(11)19)17(12)21/h12,14-15,17,21H,4-10H2,1-3H3/t12-,14-,15-,17+,19-/m1/s1. The van der Waals surface area contributed by atoms with E-state index in [2.05, 4.69) is 20.8 Å². The largest absolute Gasteiger partial charge is 0.392 e. The second-order valence-corrected chi connectivity index (χ2v) is 8.97. The molecule has 0 spiro atoms. The molecule has 2 saturated carbocycles. The number of carbonyl (C=O) groups is 1. The Morgan fingerprint density at radius 3 is 2.67 bits per heavy atom. The summed E-state index contributed by atoms with van der Waals surface area (Å²) in [5.74, 6) is 1.07. The van der Waals surface area contributed by atoms with Gasteiger partial charge >= 0.3 is 0 Å². The summed E-state index contributed by atoms with van der Waals surface area (Å²) in [5, 5.41) is 10.6. The van der Waals surface area contributed by atoms with Crippen molar-refractivity contribution >= 4 is 5.78 Å². The fourth-order valence-corrected chi connectivity index (χ4v) is 6.61. The van der Waals surface area contributed by atoms with E-state index < -0.39 is 6.10 Å². The number of Topliss-reactive ketones (excluding diaryl/α,β-unsaturated/α-hetero) is 1. The summed E-state index contributed by atoms with van der Waals surface area (Å²) in [5.41, 5.74) is 3.48. The second kappa shape index (κ2) is 4.22. The van der Waals surface area contributed by atoms with Gasteiger partial charge in [-0.3, -0.25) is 4.79 Å². The highest BCUT2D eigenvalue weighted by Gasteiger charge is 2.58. The summed E-state index contributed by atoms with van der Waals surface area (Å²) >= 11 is 0. The van der Waals surface area contributed by atoms with Gasteiger partial charge in [-0.1, -0.05) is 38.3 Å². The smallest absolute Gasteiger partial charge is 0.143 e.